The number of morpholine rings is 1. The molecular weight excluding hydrogens is 502 g/mol. The Labute approximate surface area is 206 Å². The quantitative estimate of drug-likeness (QED) is 0.428. The van der Waals surface area contributed by atoms with Gasteiger partial charge in [0.15, 0.2) is 11.6 Å². The van der Waals surface area contributed by atoms with Crippen molar-refractivity contribution in [2.45, 2.75) is 6.92 Å². The second-order valence-electron chi connectivity index (χ2n) is 7.52. The number of carbonyl (C=O) groups is 2. The Hall–Kier alpha value is -3.49. The number of hydrogen-bond donors (Lipinski definition) is 3. The number of hydrogen-bond acceptors (Lipinski definition) is 8. The van der Waals surface area contributed by atoms with Crippen LogP contribution in [0.25, 0.3) is 0 Å². The molecule has 0 unspecified atom stereocenters. The number of anilines is 2. The highest BCUT2D eigenvalue weighted by molar-refractivity contribution is 7.91. The molecule has 0 radical (unpaired) electrons. The van der Waals surface area contributed by atoms with Gasteiger partial charge in [-0.25, -0.2) is 18.3 Å². The molecule has 2 amide bonds. The molecule has 2 aromatic carbocycles. The van der Waals surface area contributed by atoms with E-state index in [1.54, 1.807) is 11.6 Å². The van der Waals surface area contributed by atoms with E-state index >= 15 is 0 Å². The molecule has 1 aliphatic heterocycles. The first-order chi connectivity index (χ1) is 17.2. The maximum Gasteiger partial charge on any atom is 0.422 e. The zero-order valence-corrected chi connectivity index (χ0v) is 20.2. The Morgan fingerprint density at radius 3 is 2.53 bits per heavy atom. The highest BCUT2D eigenvalue weighted by Gasteiger charge is 2.20. The van der Waals surface area contributed by atoms with Crippen molar-refractivity contribution in [3.8, 4) is 5.75 Å². The van der Waals surface area contributed by atoms with Gasteiger partial charge in [-0.3, -0.25) is 14.4 Å². The van der Waals surface area contributed by atoms with Gasteiger partial charge in [0.25, 0.3) is 5.91 Å². The third-order valence-electron chi connectivity index (χ3n) is 4.93. The Morgan fingerprint density at radius 1 is 1.08 bits per heavy atom. The van der Waals surface area contributed by atoms with Crippen molar-refractivity contribution in [2.24, 2.45) is 0 Å². The minimum absolute atomic E-state index is 0.00333. The van der Waals surface area contributed by atoms with Crippen LogP contribution in [-0.4, -0.2) is 71.4 Å². The topological polar surface area (TPSA) is 135 Å². The fraction of sp³-hybridized carbons (Fsp3) is 0.364. The van der Waals surface area contributed by atoms with Crippen molar-refractivity contribution >= 4 is 33.6 Å². The van der Waals surface area contributed by atoms with Crippen molar-refractivity contribution in [1.82, 2.24) is 9.62 Å². The number of benzene rings is 2. The van der Waals surface area contributed by atoms with E-state index < -0.39 is 33.8 Å². The molecule has 11 nitrogen and oxygen atoms in total. The lowest BCUT2D eigenvalue weighted by molar-refractivity contribution is 0.0285. The lowest BCUT2D eigenvalue weighted by atomic mass is 10.1. The Kier molecular flexibility index (Phi) is 9.38. The van der Waals surface area contributed by atoms with Crippen LogP contribution < -0.4 is 19.5 Å². The summed E-state index contributed by atoms with van der Waals surface area (Å²) < 4.78 is 71.0. The predicted octanol–water partition coefficient (Wildman–Crippen LogP) is 2.33. The molecule has 1 heterocycles. The fourth-order valence-corrected chi connectivity index (χ4v) is 3.99. The molecule has 2 aromatic rings. The van der Waals surface area contributed by atoms with E-state index in [-0.39, 0.29) is 35.9 Å². The molecule has 3 N–H and O–H groups in total. The number of amides is 2. The molecule has 1 saturated heterocycles. The van der Waals surface area contributed by atoms with Crippen LogP contribution in [0.5, 0.6) is 5.75 Å². The van der Waals surface area contributed by atoms with Gasteiger partial charge in [-0.1, -0.05) is 0 Å². The zero-order chi connectivity index (χ0) is 26.1. The lowest BCUT2D eigenvalue weighted by Gasteiger charge is -2.26. The molecule has 0 spiro atoms. The zero-order valence-electron chi connectivity index (χ0n) is 19.4. The average Bonchev–Trinajstić information content (AvgIpc) is 2.82. The van der Waals surface area contributed by atoms with Crippen molar-refractivity contribution in [2.75, 3.05) is 56.1 Å². The highest BCUT2D eigenvalue weighted by atomic mass is 32.2. The first-order valence-corrected chi connectivity index (χ1v) is 12.5. The van der Waals surface area contributed by atoms with Gasteiger partial charge in [-0.2, -0.15) is 8.42 Å². The van der Waals surface area contributed by atoms with Gasteiger partial charge in [-0.05, 0) is 37.3 Å². The van der Waals surface area contributed by atoms with Crippen LogP contribution in [-0.2, 0) is 19.7 Å². The summed E-state index contributed by atoms with van der Waals surface area (Å²) in [4.78, 5) is 26.6. The highest BCUT2D eigenvalue weighted by Crippen LogP contribution is 2.27. The number of ether oxygens (including phenoxy) is 3. The number of carbonyl (C=O) groups excluding carboxylic acids is 2. The third-order valence-corrected chi connectivity index (χ3v) is 5.85. The van der Waals surface area contributed by atoms with Gasteiger partial charge in [0, 0.05) is 37.0 Å². The number of rotatable bonds is 10. The standard InChI is InChI=1S/C22H26F2N4O7S/c1-2-34-20-6-3-15(21(29)25-16-4-5-17(23)18(24)14-16)13-19(20)26-36(31,32)27-22(30)35-12-9-28-7-10-33-11-8-28/h3-6,13-14,26H,2,7-12H2,1H3,(H,25,29)(H,27,30). The van der Waals surface area contributed by atoms with Gasteiger partial charge in [0.2, 0.25) is 0 Å². The van der Waals surface area contributed by atoms with Gasteiger partial charge in [0.05, 0.1) is 25.5 Å². The van der Waals surface area contributed by atoms with Crippen LogP contribution in [0, 0.1) is 11.6 Å². The summed E-state index contributed by atoms with van der Waals surface area (Å²) in [7, 11) is -4.45. The van der Waals surface area contributed by atoms with E-state index in [9.17, 15) is 26.8 Å². The van der Waals surface area contributed by atoms with Gasteiger partial charge >= 0.3 is 16.3 Å². The van der Waals surface area contributed by atoms with E-state index in [0.717, 1.165) is 12.1 Å². The summed E-state index contributed by atoms with van der Waals surface area (Å²) in [6, 6.07) is 6.70. The van der Waals surface area contributed by atoms with E-state index in [4.69, 9.17) is 14.2 Å². The molecular formula is C22H26F2N4O7S. The second-order valence-corrected chi connectivity index (χ2v) is 8.94. The fourth-order valence-electron chi connectivity index (χ4n) is 3.21. The molecule has 14 heteroatoms. The normalized spacial score (nSPS) is 14.1. The predicted molar refractivity (Wildman–Crippen MR) is 126 cm³/mol. The molecule has 0 aromatic heterocycles. The van der Waals surface area contributed by atoms with E-state index in [0.29, 0.717) is 32.8 Å². The van der Waals surface area contributed by atoms with Crippen LogP contribution in [0.1, 0.15) is 17.3 Å². The van der Waals surface area contributed by atoms with Crippen molar-refractivity contribution in [3.63, 3.8) is 0 Å². The largest absolute Gasteiger partial charge is 0.492 e. The number of nitrogens with zero attached hydrogens (tertiary/aromatic N) is 1. The molecule has 36 heavy (non-hydrogen) atoms. The minimum Gasteiger partial charge on any atom is -0.492 e. The first kappa shape index (κ1) is 27.1. The summed E-state index contributed by atoms with van der Waals surface area (Å²) in [5.74, 6) is -2.85. The third kappa shape index (κ3) is 8.03. The van der Waals surface area contributed by atoms with E-state index in [1.165, 1.54) is 24.3 Å². The van der Waals surface area contributed by atoms with Crippen LogP contribution in [0.15, 0.2) is 36.4 Å². The van der Waals surface area contributed by atoms with Gasteiger partial charge in [-0.15, -0.1) is 0 Å². The Bertz CT molecular complexity index is 1190. The van der Waals surface area contributed by atoms with Crippen LogP contribution in [0.4, 0.5) is 25.0 Å². The monoisotopic (exact) mass is 528 g/mol. The van der Waals surface area contributed by atoms with Gasteiger partial charge < -0.3 is 19.5 Å². The molecule has 0 saturated carbocycles. The molecule has 0 aliphatic carbocycles. The Balaban J connectivity index is 1.64. The molecule has 0 bridgehead atoms. The first-order valence-electron chi connectivity index (χ1n) is 11.0. The molecule has 0 atom stereocenters. The molecule has 1 fully saturated rings. The van der Waals surface area contributed by atoms with Gasteiger partial charge in [0.1, 0.15) is 12.4 Å². The summed E-state index contributed by atoms with van der Waals surface area (Å²) in [6.45, 7) is 4.78. The van der Waals surface area contributed by atoms with E-state index in [1.807, 2.05) is 4.90 Å². The molecule has 196 valence electrons. The molecule has 3 rings (SSSR count). The number of nitrogens with one attached hydrogen (secondary N) is 3. The molecule has 1 aliphatic rings. The summed E-state index contributed by atoms with van der Waals surface area (Å²) in [5.41, 5.74) is -0.159. The van der Waals surface area contributed by atoms with Crippen LogP contribution in [0.3, 0.4) is 0 Å². The SMILES string of the molecule is CCOc1ccc(C(=O)Nc2ccc(F)c(F)c2)cc1NS(=O)(=O)NC(=O)OCCN1CCOCC1. The van der Waals surface area contributed by atoms with Crippen molar-refractivity contribution in [1.29, 1.82) is 0 Å². The summed E-state index contributed by atoms with van der Waals surface area (Å²) >= 11 is 0. The van der Waals surface area contributed by atoms with Crippen LogP contribution in [0.2, 0.25) is 0 Å². The maximum absolute atomic E-state index is 13.4. The average molecular weight is 529 g/mol. The smallest absolute Gasteiger partial charge is 0.422 e. The van der Waals surface area contributed by atoms with Crippen molar-refractivity contribution < 1.29 is 41.0 Å². The lowest BCUT2D eigenvalue weighted by Crippen LogP contribution is -2.40. The summed E-state index contributed by atoms with van der Waals surface area (Å²) in [6.07, 6.45) is -1.18. The number of halogens is 2. The van der Waals surface area contributed by atoms with E-state index in [2.05, 4.69) is 10.0 Å². The maximum atomic E-state index is 13.4. The van der Waals surface area contributed by atoms with Crippen molar-refractivity contribution in [3.05, 3.63) is 53.6 Å². The Morgan fingerprint density at radius 2 is 1.83 bits per heavy atom. The minimum atomic E-state index is -4.45. The summed E-state index contributed by atoms with van der Waals surface area (Å²) in [5, 5.41) is 2.38. The van der Waals surface area contributed by atoms with Crippen LogP contribution >= 0.6 is 0 Å². The second kappa shape index (κ2) is 12.5.